The summed E-state index contributed by atoms with van der Waals surface area (Å²) in [5, 5.41) is 5.55. The SMILES string of the molecule is O=C(NCc1cccnc1Oc1cccc(F)c1)NC[C@H]1CCCO1. The second kappa shape index (κ2) is 8.43. The summed E-state index contributed by atoms with van der Waals surface area (Å²) in [7, 11) is 0. The number of carbonyl (C=O) groups excluding carboxylic acids is 1. The predicted molar refractivity (Wildman–Crippen MR) is 89.9 cm³/mol. The van der Waals surface area contributed by atoms with E-state index in [9.17, 15) is 9.18 Å². The molecule has 1 aromatic heterocycles. The Morgan fingerprint density at radius 2 is 2.24 bits per heavy atom. The number of pyridine rings is 1. The summed E-state index contributed by atoms with van der Waals surface area (Å²) < 4.78 is 24.3. The zero-order chi connectivity index (χ0) is 17.5. The first-order chi connectivity index (χ1) is 12.2. The summed E-state index contributed by atoms with van der Waals surface area (Å²) in [6.45, 7) is 1.49. The number of urea groups is 1. The second-order valence-electron chi connectivity index (χ2n) is 5.73. The van der Waals surface area contributed by atoms with Crippen LogP contribution in [0.15, 0.2) is 42.6 Å². The molecule has 0 aliphatic carbocycles. The Balaban J connectivity index is 1.54. The van der Waals surface area contributed by atoms with Crippen LogP contribution >= 0.6 is 0 Å². The summed E-state index contributed by atoms with van der Waals surface area (Å²) in [5.74, 6) is 0.289. The van der Waals surface area contributed by atoms with Crippen LogP contribution in [0.25, 0.3) is 0 Å². The van der Waals surface area contributed by atoms with Gasteiger partial charge in [-0.25, -0.2) is 14.2 Å². The summed E-state index contributed by atoms with van der Waals surface area (Å²) >= 11 is 0. The van der Waals surface area contributed by atoms with Crippen molar-refractivity contribution in [3.63, 3.8) is 0 Å². The average molecular weight is 345 g/mol. The fourth-order valence-electron chi connectivity index (χ4n) is 2.54. The van der Waals surface area contributed by atoms with Crippen LogP contribution in [0.5, 0.6) is 11.6 Å². The smallest absolute Gasteiger partial charge is 0.315 e. The third-order valence-electron chi connectivity index (χ3n) is 3.81. The van der Waals surface area contributed by atoms with E-state index >= 15 is 0 Å². The molecule has 2 heterocycles. The van der Waals surface area contributed by atoms with Crippen LogP contribution in [-0.4, -0.2) is 30.3 Å². The molecule has 0 saturated carbocycles. The van der Waals surface area contributed by atoms with Crippen molar-refractivity contribution in [1.29, 1.82) is 0 Å². The van der Waals surface area contributed by atoms with Gasteiger partial charge in [-0.05, 0) is 31.0 Å². The lowest BCUT2D eigenvalue weighted by Gasteiger charge is -2.13. The highest BCUT2D eigenvalue weighted by Crippen LogP contribution is 2.23. The highest BCUT2D eigenvalue weighted by molar-refractivity contribution is 5.73. The van der Waals surface area contributed by atoms with Crippen LogP contribution in [-0.2, 0) is 11.3 Å². The Morgan fingerprint density at radius 1 is 1.32 bits per heavy atom. The lowest BCUT2D eigenvalue weighted by molar-refractivity contribution is 0.111. The van der Waals surface area contributed by atoms with Gasteiger partial charge in [-0.3, -0.25) is 0 Å². The van der Waals surface area contributed by atoms with Crippen molar-refractivity contribution in [2.45, 2.75) is 25.5 Å². The third kappa shape index (κ3) is 5.15. The number of ether oxygens (including phenoxy) is 2. The van der Waals surface area contributed by atoms with Gasteiger partial charge in [0.05, 0.1) is 6.10 Å². The number of amides is 2. The number of nitrogens with zero attached hydrogens (tertiary/aromatic N) is 1. The molecule has 3 rings (SSSR count). The van der Waals surface area contributed by atoms with E-state index in [0.29, 0.717) is 23.7 Å². The van der Waals surface area contributed by atoms with E-state index in [1.54, 1.807) is 30.5 Å². The van der Waals surface area contributed by atoms with E-state index in [-0.39, 0.29) is 24.5 Å². The van der Waals surface area contributed by atoms with Crippen molar-refractivity contribution >= 4 is 6.03 Å². The van der Waals surface area contributed by atoms with Gasteiger partial charge in [-0.2, -0.15) is 0 Å². The number of hydrogen-bond donors (Lipinski definition) is 2. The lowest BCUT2D eigenvalue weighted by Crippen LogP contribution is -2.39. The molecule has 132 valence electrons. The molecule has 0 spiro atoms. The Hall–Kier alpha value is -2.67. The molecule has 1 aliphatic rings. The zero-order valence-electron chi connectivity index (χ0n) is 13.7. The van der Waals surface area contributed by atoms with Gasteiger partial charge in [0.25, 0.3) is 0 Å². The van der Waals surface area contributed by atoms with Crippen LogP contribution in [0, 0.1) is 5.82 Å². The van der Waals surface area contributed by atoms with Crippen molar-refractivity contribution in [2.75, 3.05) is 13.2 Å². The predicted octanol–water partition coefficient (Wildman–Crippen LogP) is 2.99. The molecule has 2 aromatic rings. The Bertz CT molecular complexity index is 720. The highest BCUT2D eigenvalue weighted by Gasteiger charge is 2.16. The largest absolute Gasteiger partial charge is 0.439 e. The average Bonchev–Trinajstić information content (AvgIpc) is 3.13. The van der Waals surface area contributed by atoms with E-state index in [1.807, 2.05) is 0 Å². The number of rotatable bonds is 6. The number of hydrogen-bond acceptors (Lipinski definition) is 4. The minimum absolute atomic E-state index is 0.0935. The molecule has 0 radical (unpaired) electrons. The van der Waals surface area contributed by atoms with Gasteiger partial charge in [0, 0.05) is 37.5 Å². The van der Waals surface area contributed by atoms with Crippen molar-refractivity contribution < 1.29 is 18.7 Å². The molecule has 2 amide bonds. The first-order valence-corrected chi connectivity index (χ1v) is 8.21. The molecular formula is C18H20FN3O3. The van der Waals surface area contributed by atoms with E-state index in [2.05, 4.69) is 15.6 Å². The molecule has 1 saturated heterocycles. The van der Waals surface area contributed by atoms with Gasteiger partial charge < -0.3 is 20.1 Å². The molecule has 2 N–H and O–H groups in total. The van der Waals surface area contributed by atoms with Gasteiger partial charge in [0.15, 0.2) is 0 Å². The Morgan fingerprint density at radius 3 is 3.04 bits per heavy atom. The quantitative estimate of drug-likeness (QED) is 0.844. The van der Waals surface area contributed by atoms with Crippen LogP contribution in [0.1, 0.15) is 18.4 Å². The van der Waals surface area contributed by atoms with Crippen LogP contribution in [0.2, 0.25) is 0 Å². The Labute approximate surface area is 145 Å². The lowest BCUT2D eigenvalue weighted by atomic mass is 10.2. The fraction of sp³-hybridized carbons (Fsp3) is 0.333. The standard InChI is InChI=1S/C18H20FN3O3/c19-14-5-1-6-15(10-14)25-17-13(4-2-8-20-17)11-21-18(23)22-12-16-7-3-9-24-16/h1-2,4-6,8,10,16H,3,7,9,11-12H2,(H2,21,22,23)/t16-/m1/s1. The summed E-state index contributed by atoms with van der Waals surface area (Å²) in [4.78, 5) is 16.1. The second-order valence-corrected chi connectivity index (χ2v) is 5.73. The van der Waals surface area contributed by atoms with Crippen molar-refractivity contribution in [3.8, 4) is 11.6 Å². The fourth-order valence-corrected chi connectivity index (χ4v) is 2.54. The van der Waals surface area contributed by atoms with Crippen molar-refractivity contribution in [3.05, 3.63) is 54.0 Å². The number of nitrogens with one attached hydrogen (secondary N) is 2. The van der Waals surface area contributed by atoms with Crippen LogP contribution < -0.4 is 15.4 Å². The third-order valence-corrected chi connectivity index (χ3v) is 3.81. The molecule has 1 fully saturated rings. The van der Waals surface area contributed by atoms with E-state index in [1.165, 1.54) is 12.1 Å². The topological polar surface area (TPSA) is 72.5 Å². The van der Waals surface area contributed by atoms with Gasteiger partial charge in [-0.15, -0.1) is 0 Å². The van der Waals surface area contributed by atoms with Crippen molar-refractivity contribution in [1.82, 2.24) is 15.6 Å². The molecule has 0 unspecified atom stereocenters. The molecule has 6 nitrogen and oxygen atoms in total. The van der Waals surface area contributed by atoms with E-state index in [4.69, 9.17) is 9.47 Å². The minimum atomic E-state index is -0.387. The monoisotopic (exact) mass is 345 g/mol. The summed E-state index contributed by atoms with van der Waals surface area (Å²) in [6.07, 6.45) is 3.67. The zero-order valence-corrected chi connectivity index (χ0v) is 13.7. The summed E-state index contributed by atoms with van der Waals surface area (Å²) in [6, 6.07) is 9.08. The molecule has 25 heavy (non-hydrogen) atoms. The van der Waals surface area contributed by atoms with Gasteiger partial charge in [-0.1, -0.05) is 12.1 Å². The van der Waals surface area contributed by atoms with Crippen LogP contribution in [0.3, 0.4) is 0 Å². The number of carbonyl (C=O) groups is 1. The number of halogens is 1. The number of benzene rings is 1. The van der Waals surface area contributed by atoms with Gasteiger partial charge in [0.1, 0.15) is 11.6 Å². The summed E-state index contributed by atoms with van der Waals surface area (Å²) in [5.41, 5.74) is 0.694. The van der Waals surface area contributed by atoms with Crippen molar-refractivity contribution in [2.24, 2.45) is 0 Å². The maximum atomic E-state index is 13.3. The van der Waals surface area contributed by atoms with E-state index in [0.717, 1.165) is 19.4 Å². The molecular weight excluding hydrogens is 325 g/mol. The van der Waals surface area contributed by atoms with Gasteiger partial charge >= 0.3 is 6.03 Å². The number of aromatic nitrogens is 1. The normalized spacial score (nSPS) is 16.4. The molecule has 1 atom stereocenters. The van der Waals surface area contributed by atoms with Gasteiger partial charge in [0.2, 0.25) is 5.88 Å². The first-order valence-electron chi connectivity index (χ1n) is 8.21. The van der Waals surface area contributed by atoms with Crippen LogP contribution in [0.4, 0.5) is 9.18 Å². The molecule has 0 bridgehead atoms. The maximum absolute atomic E-state index is 13.3. The highest BCUT2D eigenvalue weighted by atomic mass is 19.1. The molecule has 1 aromatic carbocycles. The molecule has 1 aliphatic heterocycles. The maximum Gasteiger partial charge on any atom is 0.315 e. The minimum Gasteiger partial charge on any atom is -0.439 e. The molecule has 7 heteroatoms. The van der Waals surface area contributed by atoms with E-state index < -0.39 is 0 Å². The first kappa shape index (κ1) is 17.2. The Kier molecular flexibility index (Phi) is 5.79.